The van der Waals surface area contributed by atoms with Crippen LogP contribution in [-0.2, 0) is 12.3 Å². The van der Waals surface area contributed by atoms with Gasteiger partial charge in [-0.1, -0.05) is 0 Å². The average molecular weight is 607 g/mol. The first-order valence-corrected chi connectivity index (χ1v) is 15.2. The van der Waals surface area contributed by atoms with E-state index in [1.807, 2.05) is 0 Å². The van der Waals surface area contributed by atoms with Crippen LogP contribution < -0.4 is 0 Å². The van der Waals surface area contributed by atoms with Crippen molar-refractivity contribution in [3.63, 3.8) is 0 Å². The monoisotopic (exact) mass is 608 g/mol. The van der Waals surface area contributed by atoms with Crippen LogP contribution in [-0.4, -0.2) is 63.8 Å². The summed E-state index contributed by atoms with van der Waals surface area (Å²) in [5.74, 6) is -4.64. The number of rotatable bonds is 8. The molecule has 0 atom stereocenters. The molecule has 184 valence electrons. The maximum atomic E-state index is 13.0. The van der Waals surface area contributed by atoms with Gasteiger partial charge in [0.05, 0.1) is 0 Å². The molecule has 4 aromatic heterocycles. The standard InChI is InChI=1S/4C6H5NO2.Sn/c4*8-6(9)5-3-1-2-4-7-5;/h4*1-4H,(H,8,9);/q;;;;+4/p-4. The van der Waals surface area contributed by atoms with Crippen LogP contribution in [0.5, 0.6) is 0 Å². The van der Waals surface area contributed by atoms with Gasteiger partial charge in [0.15, 0.2) is 0 Å². The van der Waals surface area contributed by atoms with E-state index in [4.69, 9.17) is 12.3 Å². The minimum atomic E-state index is -6.35. The molecule has 12 nitrogen and oxygen atoms in total. The van der Waals surface area contributed by atoms with Gasteiger partial charge < -0.3 is 0 Å². The minimum absolute atomic E-state index is 0.222. The molecule has 0 aliphatic heterocycles. The van der Waals surface area contributed by atoms with Crippen LogP contribution in [0.15, 0.2) is 97.6 Å². The Labute approximate surface area is 215 Å². The number of nitrogens with zero attached hydrogens (tertiary/aromatic N) is 4. The van der Waals surface area contributed by atoms with Crippen LogP contribution in [0.4, 0.5) is 0 Å². The van der Waals surface area contributed by atoms with Crippen molar-refractivity contribution >= 4 is 43.9 Å². The van der Waals surface area contributed by atoms with Gasteiger partial charge in [-0.05, 0) is 0 Å². The quantitative estimate of drug-likeness (QED) is 0.270. The van der Waals surface area contributed by atoms with E-state index >= 15 is 0 Å². The van der Waals surface area contributed by atoms with Gasteiger partial charge in [0.25, 0.3) is 0 Å². The van der Waals surface area contributed by atoms with Crippen LogP contribution in [0, 0.1) is 0 Å². The number of carbonyl (C=O) groups is 4. The summed E-state index contributed by atoms with van der Waals surface area (Å²) in [5.41, 5.74) is -0.888. The summed E-state index contributed by atoms with van der Waals surface area (Å²) in [4.78, 5) is 67.3. The summed E-state index contributed by atoms with van der Waals surface area (Å²) in [7, 11) is 0. The van der Waals surface area contributed by atoms with Crippen LogP contribution in [0.25, 0.3) is 0 Å². The van der Waals surface area contributed by atoms with Crippen molar-refractivity contribution in [2.75, 3.05) is 0 Å². The number of carbonyl (C=O) groups excluding carboxylic acids is 4. The normalized spacial score (nSPS) is 10.6. The van der Waals surface area contributed by atoms with Crippen molar-refractivity contribution in [2.45, 2.75) is 0 Å². The van der Waals surface area contributed by atoms with Crippen molar-refractivity contribution in [1.29, 1.82) is 0 Å². The second-order valence-corrected chi connectivity index (χ2v) is 12.1. The molecule has 13 heteroatoms. The van der Waals surface area contributed by atoms with Gasteiger partial charge in [-0.25, -0.2) is 0 Å². The average Bonchev–Trinajstić information content (AvgIpc) is 2.94. The molecular formula is C24H16N4O8Sn. The Kier molecular flexibility index (Phi) is 8.10. The van der Waals surface area contributed by atoms with E-state index < -0.39 is 43.9 Å². The topological polar surface area (TPSA) is 157 Å². The number of hydrogen-bond acceptors (Lipinski definition) is 12. The molecule has 4 aromatic rings. The van der Waals surface area contributed by atoms with Crippen LogP contribution in [0.2, 0.25) is 0 Å². The van der Waals surface area contributed by atoms with E-state index in [-0.39, 0.29) is 22.8 Å². The first kappa shape index (κ1) is 25.4. The zero-order valence-corrected chi connectivity index (χ0v) is 21.6. The first-order valence-electron chi connectivity index (χ1n) is 10.5. The number of hydrogen-bond donors (Lipinski definition) is 0. The Bertz CT molecular complexity index is 1170. The molecule has 0 aromatic carbocycles. The van der Waals surface area contributed by atoms with E-state index in [1.54, 1.807) is 24.3 Å². The van der Waals surface area contributed by atoms with Crippen molar-refractivity contribution < 1.29 is 31.5 Å². The molecule has 0 saturated heterocycles. The first-order chi connectivity index (χ1) is 18.0. The molecule has 0 radical (unpaired) electrons. The summed E-state index contributed by atoms with van der Waals surface area (Å²) in [5, 5.41) is 0. The second kappa shape index (κ2) is 11.8. The fourth-order valence-corrected chi connectivity index (χ4v) is 7.22. The third kappa shape index (κ3) is 6.70. The Morgan fingerprint density at radius 1 is 0.432 bits per heavy atom. The van der Waals surface area contributed by atoms with Crippen LogP contribution >= 0.6 is 0 Å². The SMILES string of the molecule is O=C([O][Sn]([O]C(=O)c1ccccn1)([O]C(=O)c1ccccn1)[O]C(=O)c1ccccn1)c1ccccn1. The molecule has 0 bridgehead atoms. The van der Waals surface area contributed by atoms with E-state index in [2.05, 4.69) is 19.9 Å². The maximum absolute atomic E-state index is 13.0. The van der Waals surface area contributed by atoms with Crippen molar-refractivity contribution in [1.82, 2.24) is 19.9 Å². The zero-order valence-electron chi connectivity index (χ0n) is 18.8. The fraction of sp³-hybridized carbons (Fsp3) is 0. The fourth-order valence-electron chi connectivity index (χ4n) is 2.72. The Morgan fingerprint density at radius 3 is 0.865 bits per heavy atom. The van der Waals surface area contributed by atoms with E-state index in [0.717, 1.165) is 0 Å². The summed E-state index contributed by atoms with van der Waals surface area (Å²) < 4.78 is 21.6. The summed E-state index contributed by atoms with van der Waals surface area (Å²) in [6.45, 7) is 0. The molecule has 0 aliphatic rings. The molecule has 37 heavy (non-hydrogen) atoms. The second-order valence-electron chi connectivity index (χ2n) is 6.92. The Hall–Kier alpha value is -4.72. The van der Waals surface area contributed by atoms with Gasteiger partial charge >= 0.3 is 216 Å². The predicted octanol–water partition coefficient (Wildman–Crippen LogP) is 2.43. The summed E-state index contributed by atoms with van der Waals surface area (Å²) in [6.07, 6.45) is 5.25. The Morgan fingerprint density at radius 2 is 0.676 bits per heavy atom. The molecule has 0 fully saturated rings. The van der Waals surface area contributed by atoms with Gasteiger partial charge in [0.1, 0.15) is 0 Å². The Balaban J connectivity index is 1.75. The van der Waals surface area contributed by atoms with E-state index in [0.29, 0.717) is 0 Å². The van der Waals surface area contributed by atoms with E-state index in [9.17, 15) is 19.2 Å². The van der Waals surface area contributed by atoms with Crippen molar-refractivity contribution in [3.8, 4) is 0 Å². The third-order valence-corrected chi connectivity index (χ3v) is 9.34. The molecule has 4 heterocycles. The van der Waals surface area contributed by atoms with Gasteiger partial charge in [-0.15, -0.1) is 0 Å². The summed E-state index contributed by atoms with van der Waals surface area (Å²) >= 11 is -6.35. The molecule has 0 spiro atoms. The van der Waals surface area contributed by atoms with Crippen molar-refractivity contribution in [3.05, 3.63) is 120 Å². The van der Waals surface area contributed by atoms with Gasteiger partial charge in [0.2, 0.25) is 0 Å². The molecule has 0 unspecified atom stereocenters. The number of pyridine rings is 4. The zero-order chi connectivity index (χ0) is 26.1. The summed E-state index contributed by atoms with van der Waals surface area (Å²) in [6, 6.07) is 17.4. The molecule has 4 rings (SSSR count). The molecular weight excluding hydrogens is 591 g/mol. The third-order valence-electron chi connectivity index (χ3n) is 4.37. The van der Waals surface area contributed by atoms with Crippen molar-refractivity contribution in [2.24, 2.45) is 0 Å². The van der Waals surface area contributed by atoms with Gasteiger partial charge in [-0.2, -0.15) is 0 Å². The molecule has 0 aliphatic carbocycles. The molecule has 0 saturated carbocycles. The van der Waals surface area contributed by atoms with Crippen LogP contribution in [0.3, 0.4) is 0 Å². The molecule has 0 amide bonds. The van der Waals surface area contributed by atoms with Gasteiger partial charge in [-0.3, -0.25) is 0 Å². The number of aromatic nitrogens is 4. The molecule has 0 N–H and O–H groups in total. The van der Waals surface area contributed by atoms with E-state index in [1.165, 1.54) is 73.3 Å². The van der Waals surface area contributed by atoms with Crippen LogP contribution in [0.1, 0.15) is 42.0 Å². The predicted molar refractivity (Wildman–Crippen MR) is 124 cm³/mol. The van der Waals surface area contributed by atoms with Gasteiger partial charge in [0, 0.05) is 0 Å².